The van der Waals surface area contributed by atoms with Crippen LogP contribution in [0.1, 0.15) is 25.0 Å². The molecule has 0 radical (unpaired) electrons. The molecule has 1 aliphatic rings. The normalized spacial score (nSPS) is 13.1. The lowest BCUT2D eigenvalue weighted by atomic mass is 9.82. The molecule has 0 heteroatoms. The fourth-order valence-corrected chi connectivity index (χ4v) is 8.69. The summed E-state index contributed by atoms with van der Waals surface area (Å²) in [7, 11) is 0. The van der Waals surface area contributed by atoms with Crippen molar-refractivity contribution >= 4 is 32.3 Å². The van der Waals surface area contributed by atoms with Crippen molar-refractivity contribution in [3.8, 4) is 55.6 Å². The molecule has 9 aromatic carbocycles. The molecular weight excluding hydrogens is 613 g/mol. The van der Waals surface area contributed by atoms with Gasteiger partial charge in [0.1, 0.15) is 0 Å². The minimum atomic E-state index is -0.0292. The summed E-state index contributed by atoms with van der Waals surface area (Å²) in [5, 5.41) is 7.57. The van der Waals surface area contributed by atoms with Gasteiger partial charge in [0.2, 0.25) is 0 Å². The molecule has 0 saturated heterocycles. The zero-order valence-corrected chi connectivity index (χ0v) is 28.8. The monoisotopic (exact) mass is 648 g/mol. The molecule has 10 rings (SSSR count). The van der Waals surface area contributed by atoms with Gasteiger partial charge in [-0.05, 0) is 129 Å². The first kappa shape index (κ1) is 29.7. The first-order valence-corrected chi connectivity index (χ1v) is 17.9. The summed E-state index contributed by atoms with van der Waals surface area (Å²) in [6.07, 6.45) is 0. The summed E-state index contributed by atoms with van der Waals surface area (Å²) in [5.41, 5.74) is 15.5. The fourth-order valence-electron chi connectivity index (χ4n) is 8.69. The summed E-state index contributed by atoms with van der Waals surface area (Å²) < 4.78 is 0. The van der Waals surface area contributed by atoms with E-state index in [1.54, 1.807) is 0 Å². The molecule has 51 heavy (non-hydrogen) atoms. The largest absolute Gasteiger partial charge is 0.0622 e. The summed E-state index contributed by atoms with van der Waals surface area (Å²) in [4.78, 5) is 0. The second kappa shape index (κ2) is 11.4. The van der Waals surface area contributed by atoms with Gasteiger partial charge in [0.05, 0.1) is 0 Å². The summed E-state index contributed by atoms with van der Waals surface area (Å²) in [6, 6.07) is 67.5. The van der Waals surface area contributed by atoms with Crippen molar-refractivity contribution in [1.29, 1.82) is 0 Å². The Morgan fingerprint density at radius 2 is 0.824 bits per heavy atom. The molecule has 0 saturated carbocycles. The van der Waals surface area contributed by atoms with Gasteiger partial charge in [0, 0.05) is 5.41 Å². The van der Waals surface area contributed by atoms with E-state index in [4.69, 9.17) is 0 Å². The van der Waals surface area contributed by atoms with Gasteiger partial charge in [-0.15, -0.1) is 0 Å². The molecule has 0 fully saturated rings. The number of hydrogen-bond donors (Lipinski definition) is 0. The van der Waals surface area contributed by atoms with Crippen LogP contribution in [0, 0.1) is 0 Å². The standard InChI is InChI=1S/C51H36/c1-51(2)48-22-12-11-20-43(48)50-41(21-13-23-49(50)51)37-24-26-40-39(28-37)32-45(34-16-7-4-8-17-34)47-31-38(25-27-42(40)47)46-30-36-19-10-9-18-35(36)29-44(46)33-14-5-3-6-15-33/h3-32H,1-2H3. The first-order chi connectivity index (χ1) is 25.0. The average molecular weight is 649 g/mol. The van der Waals surface area contributed by atoms with Crippen molar-refractivity contribution in [2.45, 2.75) is 19.3 Å². The maximum absolute atomic E-state index is 2.42. The van der Waals surface area contributed by atoms with Crippen LogP contribution in [0.5, 0.6) is 0 Å². The molecule has 0 heterocycles. The zero-order valence-electron chi connectivity index (χ0n) is 28.8. The Morgan fingerprint density at radius 1 is 0.294 bits per heavy atom. The Bertz CT molecular complexity index is 2800. The third-order valence-electron chi connectivity index (χ3n) is 11.2. The van der Waals surface area contributed by atoms with Crippen LogP contribution in [0.15, 0.2) is 182 Å². The first-order valence-electron chi connectivity index (χ1n) is 17.9. The lowest BCUT2D eigenvalue weighted by Crippen LogP contribution is -2.14. The van der Waals surface area contributed by atoms with Gasteiger partial charge >= 0.3 is 0 Å². The molecule has 240 valence electrons. The minimum absolute atomic E-state index is 0.0292. The molecular formula is C51H36. The molecule has 0 bridgehead atoms. The van der Waals surface area contributed by atoms with Gasteiger partial charge in [0.25, 0.3) is 0 Å². The average Bonchev–Trinajstić information content (AvgIpc) is 3.43. The van der Waals surface area contributed by atoms with Gasteiger partial charge < -0.3 is 0 Å². The predicted octanol–water partition coefficient (Wildman–Crippen LogP) is 14.1. The quantitative estimate of drug-likeness (QED) is 0.167. The second-order valence-electron chi connectivity index (χ2n) is 14.5. The molecule has 0 nitrogen and oxygen atoms in total. The van der Waals surface area contributed by atoms with Crippen molar-refractivity contribution in [1.82, 2.24) is 0 Å². The number of rotatable bonds is 4. The van der Waals surface area contributed by atoms with E-state index in [2.05, 4.69) is 196 Å². The highest BCUT2D eigenvalue weighted by molar-refractivity contribution is 6.16. The zero-order chi connectivity index (χ0) is 34.1. The van der Waals surface area contributed by atoms with E-state index in [0.29, 0.717) is 0 Å². The predicted molar refractivity (Wildman–Crippen MR) is 218 cm³/mol. The number of hydrogen-bond acceptors (Lipinski definition) is 0. The smallest absolute Gasteiger partial charge is 0.0159 e. The Labute approximate surface area is 299 Å². The van der Waals surface area contributed by atoms with E-state index in [1.165, 1.54) is 99.1 Å². The van der Waals surface area contributed by atoms with Crippen molar-refractivity contribution in [3.05, 3.63) is 193 Å². The Balaban J connectivity index is 1.20. The van der Waals surface area contributed by atoms with Crippen molar-refractivity contribution in [2.24, 2.45) is 0 Å². The van der Waals surface area contributed by atoms with Crippen LogP contribution in [-0.2, 0) is 5.41 Å². The van der Waals surface area contributed by atoms with Crippen LogP contribution in [0.25, 0.3) is 88.0 Å². The lowest BCUT2D eigenvalue weighted by molar-refractivity contribution is 0.660. The molecule has 9 aromatic rings. The molecule has 0 atom stereocenters. The van der Waals surface area contributed by atoms with Gasteiger partial charge in [-0.3, -0.25) is 0 Å². The molecule has 0 unspecified atom stereocenters. The van der Waals surface area contributed by atoms with Crippen molar-refractivity contribution in [3.63, 3.8) is 0 Å². The topological polar surface area (TPSA) is 0 Å². The minimum Gasteiger partial charge on any atom is -0.0622 e. The van der Waals surface area contributed by atoms with E-state index in [1.807, 2.05) is 0 Å². The van der Waals surface area contributed by atoms with Crippen LogP contribution in [0.4, 0.5) is 0 Å². The third kappa shape index (κ3) is 4.68. The molecule has 0 N–H and O–H groups in total. The Morgan fingerprint density at radius 3 is 1.55 bits per heavy atom. The van der Waals surface area contributed by atoms with E-state index in [-0.39, 0.29) is 5.41 Å². The third-order valence-corrected chi connectivity index (χ3v) is 11.2. The van der Waals surface area contributed by atoms with Gasteiger partial charge in [-0.25, -0.2) is 0 Å². The van der Waals surface area contributed by atoms with E-state index in [9.17, 15) is 0 Å². The summed E-state index contributed by atoms with van der Waals surface area (Å²) in [6.45, 7) is 4.71. The van der Waals surface area contributed by atoms with Crippen LogP contribution in [0.2, 0.25) is 0 Å². The highest BCUT2D eigenvalue weighted by atomic mass is 14.4. The van der Waals surface area contributed by atoms with Gasteiger partial charge in [-0.2, -0.15) is 0 Å². The molecule has 0 aliphatic heterocycles. The Hall–Kier alpha value is -6.24. The van der Waals surface area contributed by atoms with E-state index >= 15 is 0 Å². The van der Waals surface area contributed by atoms with E-state index in [0.717, 1.165) is 0 Å². The van der Waals surface area contributed by atoms with Crippen LogP contribution in [0.3, 0.4) is 0 Å². The number of benzene rings is 9. The summed E-state index contributed by atoms with van der Waals surface area (Å²) in [5.74, 6) is 0. The highest BCUT2D eigenvalue weighted by Gasteiger charge is 2.36. The number of fused-ring (bicyclic) bond motifs is 7. The molecule has 0 spiro atoms. The van der Waals surface area contributed by atoms with Crippen molar-refractivity contribution < 1.29 is 0 Å². The molecule has 0 aromatic heterocycles. The molecule has 1 aliphatic carbocycles. The van der Waals surface area contributed by atoms with Gasteiger partial charge in [0.15, 0.2) is 0 Å². The van der Waals surface area contributed by atoms with Gasteiger partial charge in [-0.1, -0.05) is 166 Å². The summed E-state index contributed by atoms with van der Waals surface area (Å²) >= 11 is 0. The van der Waals surface area contributed by atoms with Crippen LogP contribution in [-0.4, -0.2) is 0 Å². The maximum atomic E-state index is 2.42. The molecule has 0 amide bonds. The second-order valence-corrected chi connectivity index (χ2v) is 14.5. The van der Waals surface area contributed by atoms with E-state index < -0.39 is 0 Å². The maximum Gasteiger partial charge on any atom is 0.0159 e. The lowest BCUT2D eigenvalue weighted by Gasteiger charge is -2.21. The fraction of sp³-hybridized carbons (Fsp3) is 0.0588. The Kier molecular flexibility index (Phi) is 6.63. The van der Waals surface area contributed by atoms with Crippen LogP contribution >= 0.6 is 0 Å². The highest BCUT2D eigenvalue weighted by Crippen LogP contribution is 2.52. The SMILES string of the molecule is CC1(C)c2ccccc2-c2c(-c3ccc4c(c3)cc(-c3ccccc3)c3cc(-c5cc6ccccc6cc5-c5ccccc5)ccc34)cccc21. The van der Waals surface area contributed by atoms with Crippen LogP contribution < -0.4 is 0 Å². The van der Waals surface area contributed by atoms with Crippen molar-refractivity contribution in [2.75, 3.05) is 0 Å².